The van der Waals surface area contributed by atoms with E-state index >= 15 is 0 Å². The van der Waals surface area contributed by atoms with Gasteiger partial charge in [-0.1, -0.05) is 33.8 Å². The van der Waals surface area contributed by atoms with E-state index in [1.165, 1.54) is 51.7 Å². The normalized spacial score (nSPS) is 43.4. The summed E-state index contributed by atoms with van der Waals surface area (Å²) in [6.45, 7) is 12.7. The first-order chi connectivity index (χ1) is 24.4. The number of fused-ring (bicyclic) bond motifs is 7. The lowest BCUT2D eigenvalue weighted by molar-refractivity contribution is -0.273. The Morgan fingerprint density at radius 3 is 2.43 bits per heavy atom. The number of carbonyl (C=O) groups excluding carboxylic acids is 2. The smallest absolute Gasteiger partial charge is 0.410 e. The zero-order valence-corrected chi connectivity index (χ0v) is 31.5. The summed E-state index contributed by atoms with van der Waals surface area (Å²) in [6, 6.07) is 4.97. The number of carbonyl (C=O) groups is 2. The highest BCUT2D eigenvalue weighted by Gasteiger charge is 2.69. The lowest BCUT2D eigenvalue weighted by Crippen LogP contribution is -2.55. The zero-order chi connectivity index (χ0) is 35.7. The van der Waals surface area contributed by atoms with Crippen molar-refractivity contribution >= 4 is 18.1 Å². The summed E-state index contributed by atoms with van der Waals surface area (Å²) in [7, 11) is 1.50. The minimum absolute atomic E-state index is 0.0274. The Bertz CT molecular complexity index is 1510. The summed E-state index contributed by atoms with van der Waals surface area (Å²) >= 11 is 0. The molecule has 7 aliphatic rings. The lowest BCUT2D eigenvalue weighted by atomic mass is 9.44. The predicted octanol–water partition coefficient (Wildman–Crippen LogP) is 7.51. The van der Waals surface area contributed by atoms with Crippen LogP contribution in [-0.4, -0.2) is 84.8 Å². The molecule has 7 fully saturated rings. The second-order valence-corrected chi connectivity index (χ2v) is 18.0. The van der Waals surface area contributed by atoms with Gasteiger partial charge in [0.05, 0.1) is 19.8 Å². The van der Waals surface area contributed by atoms with Crippen molar-refractivity contribution < 1.29 is 33.6 Å². The molecule has 9 nitrogen and oxygen atoms in total. The third-order valence-corrected chi connectivity index (χ3v) is 15.6. The summed E-state index contributed by atoms with van der Waals surface area (Å²) in [5.74, 6) is 4.52. The van der Waals surface area contributed by atoms with Crippen LogP contribution in [0.1, 0.15) is 97.5 Å². The number of methoxy groups -OCH3 is 1. The van der Waals surface area contributed by atoms with Gasteiger partial charge in [-0.05, 0) is 128 Å². The van der Waals surface area contributed by atoms with Gasteiger partial charge in [-0.2, -0.15) is 0 Å². The Hall–Kier alpha value is -2.78. The lowest BCUT2D eigenvalue weighted by Gasteiger charge is -2.61. The summed E-state index contributed by atoms with van der Waals surface area (Å²) in [5.41, 5.74) is 1.41. The summed E-state index contributed by atoms with van der Waals surface area (Å²) in [5, 5.41) is 9.82. The Balaban J connectivity index is 0.834. The fraction of sp³-hybridized carbons (Fsp3) is 0.762. The van der Waals surface area contributed by atoms with E-state index < -0.39 is 0 Å². The third-order valence-electron chi connectivity index (χ3n) is 15.6. The first kappa shape index (κ1) is 35.3. The fourth-order valence-corrected chi connectivity index (χ4v) is 12.7. The molecule has 0 radical (unpaired) electrons. The van der Waals surface area contributed by atoms with Crippen molar-refractivity contribution in [2.45, 2.75) is 110 Å². The molecule has 3 saturated heterocycles. The molecule has 1 spiro atoms. The van der Waals surface area contributed by atoms with Gasteiger partial charge in [-0.3, -0.25) is 4.79 Å². The number of hydrogen-bond donors (Lipinski definition) is 1. The van der Waals surface area contributed by atoms with Crippen LogP contribution in [0.25, 0.3) is 6.08 Å². The minimum atomic E-state index is -0.348. The molecule has 6 unspecified atom stereocenters. The Kier molecular flexibility index (Phi) is 9.17. The number of benzene rings is 1. The molecule has 4 saturated carbocycles. The van der Waals surface area contributed by atoms with Gasteiger partial charge in [0.25, 0.3) is 0 Å². The van der Waals surface area contributed by atoms with E-state index in [2.05, 4.69) is 27.7 Å². The first-order valence-electron chi connectivity index (χ1n) is 20.1. The van der Waals surface area contributed by atoms with E-state index in [0.717, 1.165) is 55.6 Å². The third kappa shape index (κ3) is 5.97. The highest BCUT2D eigenvalue weighted by molar-refractivity contribution is 5.92. The molecule has 3 heterocycles. The molecular formula is C42H60N2O7. The molecule has 1 aromatic rings. The van der Waals surface area contributed by atoms with Crippen molar-refractivity contribution in [3.8, 4) is 11.5 Å². The molecule has 280 valence electrons. The Labute approximate surface area is 304 Å². The largest absolute Gasteiger partial charge is 0.504 e. The summed E-state index contributed by atoms with van der Waals surface area (Å²) in [4.78, 5) is 29.8. The molecule has 1 aromatic carbocycles. The number of nitrogens with zero attached hydrogens (tertiary/aromatic N) is 2. The molecule has 9 heteroatoms. The summed E-state index contributed by atoms with van der Waals surface area (Å²) < 4.78 is 24.9. The summed E-state index contributed by atoms with van der Waals surface area (Å²) in [6.07, 6.45) is 15.0. The van der Waals surface area contributed by atoms with Crippen molar-refractivity contribution in [1.82, 2.24) is 9.80 Å². The van der Waals surface area contributed by atoms with Gasteiger partial charge < -0.3 is 33.9 Å². The van der Waals surface area contributed by atoms with E-state index in [-0.39, 0.29) is 29.6 Å². The fourth-order valence-electron chi connectivity index (χ4n) is 12.7. The molecular weight excluding hydrogens is 644 g/mol. The van der Waals surface area contributed by atoms with E-state index in [4.69, 9.17) is 18.9 Å². The first-order valence-corrected chi connectivity index (χ1v) is 20.1. The topological polar surface area (TPSA) is 97.8 Å². The highest BCUT2D eigenvalue weighted by atomic mass is 16.7. The number of aromatic hydroxyl groups is 1. The van der Waals surface area contributed by atoms with Crippen molar-refractivity contribution in [2.75, 3.05) is 39.9 Å². The van der Waals surface area contributed by atoms with Crippen LogP contribution in [0.4, 0.5) is 4.79 Å². The maximum Gasteiger partial charge on any atom is 0.410 e. The van der Waals surface area contributed by atoms with Gasteiger partial charge in [-0.15, -0.1) is 0 Å². The van der Waals surface area contributed by atoms with E-state index in [9.17, 15) is 14.7 Å². The van der Waals surface area contributed by atoms with Crippen molar-refractivity contribution in [3.05, 3.63) is 29.8 Å². The predicted molar refractivity (Wildman–Crippen MR) is 194 cm³/mol. The average molecular weight is 705 g/mol. The maximum atomic E-state index is 13.4. The molecule has 3 aliphatic heterocycles. The van der Waals surface area contributed by atoms with Crippen LogP contribution in [0.15, 0.2) is 24.3 Å². The van der Waals surface area contributed by atoms with Crippen molar-refractivity contribution in [2.24, 2.45) is 52.3 Å². The molecule has 1 N–H and O–H groups in total. The Morgan fingerprint density at radius 2 is 1.69 bits per heavy atom. The second-order valence-electron chi connectivity index (χ2n) is 18.0. The molecule has 8 rings (SSSR count). The number of phenols is 1. The van der Waals surface area contributed by atoms with Crippen molar-refractivity contribution in [3.63, 3.8) is 0 Å². The van der Waals surface area contributed by atoms with Gasteiger partial charge in [-0.25, -0.2) is 4.79 Å². The van der Waals surface area contributed by atoms with E-state index in [1.807, 2.05) is 0 Å². The number of ether oxygens (including phenoxy) is 4. The van der Waals surface area contributed by atoms with Crippen LogP contribution in [0.2, 0.25) is 0 Å². The standard InChI is InChI=1S/C42H60N2O7/c1-26-12-17-42(49-25-26)27(2)38-36(51-42)24-33-31-9-8-29-23-30(13-15-40(29,3)32(31)14-16-41(33,38)4)50-39(47)44-20-18-43(19-21-44)37(46)11-7-28-6-10-34(45)35(22-28)48-5/h6-7,10-11,22,26-27,29-33,36,38,45H,8-9,12-21,23-25H2,1-5H3/b11-7+/t26-,27-,29?,30-,31?,32?,33?,36?,38?,40-,41-,42+/m0/s1. The van der Waals surface area contributed by atoms with Gasteiger partial charge in [0.2, 0.25) is 5.91 Å². The van der Waals surface area contributed by atoms with Crippen LogP contribution >= 0.6 is 0 Å². The number of amides is 2. The van der Waals surface area contributed by atoms with Gasteiger partial charge in [0, 0.05) is 44.6 Å². The zero-order valence-electron chi connectivity index (χ0n) is 31.5. The monoisotopic (exact) mass is 704 g/mol. The number of rotatable bonds is 4. The molecule has 51 heavy (non-hydrogen) atoms. The minimum Gasteiger partial charge on any atom is -0.504 e. The average Bonchev–Trinajstić information content (AvgIpc) is 3.58. The van der Waals surface area contributed by atoms with Gasteiger partial charge >= 0.3 is 6.09 Å². The van der Waals surface area contributed by atoms with E-state index in [0.29, 0.717) is 72.5 Å². The Morgan fingerprint density at radius 1 is 0.922 bits per heavy atom. The maximum absolute atomic E-state index is 13.4. The molecule has 0 aromatic heterocycles. The van der Waals surface area contributed by atoms with Crippen molar-refractivity contribution in [1.29, 1.82) is 0 Å². The van der Waals surface area contributed by atoms with Gasteiger partial charge in [0.1, 0.15) is 6.10 Å². The number of hydrogen-bond acceptors (Lipinski definition) is 7. The molecule has 0 bridgehead atoms. The molecule has 4 aliphatic carbocycles. The van der Waals surface area contributed by atoms with Crippen LogP contribution < -0.4 is 4.74 Å². The second kappa shape index (κ2) is 13.3. The molecule has 12 atom stereocenters. The quantitative estimate of drug-likeness (QED) is 0.324. The van der Waals surface area contributed by atoms with Crippen LogP contribution in [-0.2, 0) is 19.0 Å². The van der Waals surface area contributed by atoms with E-state index in [1.54, 1.807) is 34.1 Å². The highest BCUT2D eigenvalue weighted by Crippen LogP contribution is 2.71. The van der Waals surface area contributed by atoms with Crippen LogP contribution in [0, 0.1) is 52.3 Å². The SMILES string of the molecule is COc1cc(/C=C/C(=O)N2CCN(C(=O)O[C@H]3CC[C@@]4(C)C(CCC5C4CC[C@@]4(C)C5CC5O[C@]6(CC[C@H](C)CO6)[C@@H](C)C54)C3)CC2)ccc1O. The van der Waals surface area contributed by atoms with Crippen LogP contribution in [0.3, 0.4) is 0 Å². The molecule has 2 amide bonds. The number of piperazine rings is 1. The van der Waals surface area contributed by atoms with Gasteiger partial charge in [0.15, 0.2) is 17.3 Å². The van der Waals surface area contributed by atoms with Crippen LogP contribution in [0.5, 0.6) is 11.5 Å². The number of phenolic OH excluding ortho intramolecular Hbond substituents is 1.